The third-order valence-electron chi connectivity index (χ3n) is 6.98. The summed E-state index contributed by atoms with van der Waals surface area (Å²) in [6, 6.07) is 16.1. The van der Waals surface area contributed by atoms with Gasteiger partial charge in [0.2, 0.25) is 11.7 Å². The molecule has 0 spiro atoms. The second-order valence-electron chi connectivity index (χ2n) is 10.1. The van der Waals surface area contributed by atoms with Crippen LogP contribution in [0.4, 0.5) is 5.69 Å². The molecule has 0 unspecified atom stereocenters. The van der Waals surface area contributed by atoms with Crippen molar-refractivity contribution in [2.75, 3.05) is 18.1 Å². The number of nitrogens with one attached hydrogen (secondary N) is 1. The Hall–Kier alpha value is -4.44. The van der Waals surface area contributed by atoms with E-state index in [0.717, 1.165) is 35.1 Å². The summed E-state index contributed by atoms with van der Waals surface area (Å²) in [4.78, 5) is 34.8. The van der Waals surface area contributed by atoms with Crippen molar-refractivity contribution < 1.29 is 14.3 Å². The predicted octanol–water partition coefficient (Wildman–Crippen LogP) is 3.73. The van der Waals surface area contributed by atoms with Gasteiger partial charge < -0.3 is 10.1 Å². The summed E-state index contributed by atoms with van der Waals surface area (Å²) in [5.74, 6) is -0.235. The van der Waals surface area contributed by atoms with E-state index in [9.17, 15) is 9.59 Å². The van der Waals surface area contributed by atoms with E-state index in [2.05, 4.69) is 25.7 Å². The Kier molecular flexibility index (Phi) is 8.26. The third-order valence-corrected chi connectivity index (χ3v) is 6.98. The van der Waals surface area contributed by atoms with Crippen molar-refractivity contribution in [3.8, 4) is 11.4 Å². The summed E-state index contributed by atoms with van der Waals surface area (Å²) >= 11 is 0. The molecule has 0 radical (unpaired) electrons. The number of hydrogen-bond donors (Lipinski definition) is 1. The van der Waals surface area contributed by atoms with E-state index < -0.39 is 6.04 Å². The van der Waals surface area contributed by atoms with Crippen LogP contribution in [0.3, 0.4) is 0 Å². The SMILES string of the molecule is Cc1ccc(-c2nnn(CC(=O)N(c3ccc(C)cc3C)[C@@H](C(=O)NC[C@H]3CCCO3)c3ccncc3)n2)cc1. The van der Waals surface area contributed by atoms with E-state index in [1.807, 2.05) is 63.2 Å². The number of aromatic nitrogens is 5. The quantitative estimate of drug-likeness (QED) is 0.345. The van der Waals surface area contributed by atoms with Crippen LogP contribution in [0.1, 0.15) is 41.1 Å². The highest BCUT2D eigenvalue weighted by Crippen LogP contribution is 2.31. The average Bonchev–Trinajstić information content (AvgIpc) is 3.64. The molecule has 10 heteroatoms. The maximum absolute atomic E-state index is 14.1. The normalized spacial score (nSPS) is 15.5. The number of hydrogen-bond acceptors (Lipinski definition) is 7. The summed E-state index contributed by atoms with van der Waals surface area (Å²) in [5, 5.41) is 15.8. The second kappa shape index (κ2) is 12.2. The first-order valence-corrected chi connectivity index (χ1v) is 13.4. The zero-order valence-electron chi connectivity index (χ0n) is 22.9. The minimum Gasteiger partial charge on any atom is -0.376 e. The van der Waals surface area contributed by atoms with E-state index >= 15 is 0 Å². The van der Waals surface area contributed by atoms with Gasteiger partial charge in [-0.15, -0.1) is 10.2 Å². The summed E-state index contributed by atoms with van der Waals surface area (Å²) < 4.78 is 5.71. The fraction of sp³-hybridized carbons (Fsp3) is 0.333. The fourth-order valence-electron chi connectivity index (χ4n) is 4.90. The number of rotatable bonds is 9. The highest BCUT2D eigenvalue weighted by molar-refractivity contribution is 6.01. The minimum absolute atomic E-state index is 0.0353. The highest BCUT2D eigenvalue weighted by Gasteiger charge is 2.34. The van der Waals surface area contributed by atoms with Gasteiger partial charge in [0.15, 0.2) is 0 Å². The van der Waals surface area contributed by atoms with Gasteiger partial charge in [0.25, 0.3) is 5.91 Å². The molecule has 3 heterocycles. The predicted molar refractivity (Wildman–Crippen MR) is 150 cm³/mol. The lowest BCUT2D eigenvalue weighted by Gasteiger charge is -2.32. The number of carbonyl (C=O) groups is 2. The van der Waals surface area contributed by atoms with Gasteiger partial charge >= 0.3 is 0 Å². The number of tetrazole rings is 1. The molecule has 0 aliphatic carbocycles. The first kappa shape index (κ1) is 27.1. The number of amides is 2. The van der Waals surface area contributed by atoms with Crippen LogP contribution in [0.2, 0.25) is 0 Å². The van der Waals surface area contributed by atoms with Crippen LogP contribution in [-0.4, -0.2) is 56.3 Å². The van der Waals surface area contributed by atoms with Crippen molar-refractivity contribution >= 4 is 17.5 Å². The van der Waals surface area contributed by atoms with Gasteiger partial charge in [-0.05, 0) is 68.2 Å². The Morgan fingerprint density at radius 2 is 1.80 bits per heavy atom. The molecule has 1 aliphatic rings. The van der Waals surface area contributed by atoms with E-state index in [0.29, 0.717) is 30.2 Å². The molecule has 0 bridgehead atoms. The Balaban J connectivity index is 1.49. The molecule has 1 N–H and O–H groups in total. The van der Waals surface area contributed by atoms with Gasteiger partial charge in [-0.25, -0.2) is 0 Å². The first-order valence-electron chi connectivity index (χ1n) is 13.4. The van der Waals surface area contributed by atoms with Crippen LogP contribution in [0.15, 0.2) is 67.0 Å². The van der Waals surface area contributed by atoms with Crippen LogP contribution >= 0.6 is 0 Å². The Morgan fingerprint density at radius 3 is 2.50 bits per heavy atom. The van der Waals surface area contributed by atoms with Crippen LogP contribution in [0, 0.1) is 20.8 Å². The fourth-order valence-corrected chi connectivity index (χ4v) is 4.90. The molecule has 2 aromatic carbocycles. The average molecular weight is 540 g/mol. The third kappa shape index (κ3) is 6.23. The molecule has 0 saturated carbocycles. The maximum atomic E-state index is 14.1. The van der Waals surface area contributed by atoms with Gasteiger partial charge in [0, 0.05) is 36.8 Å². The molecule has 2 aromatic heterocycles. The lowest BCUT2D eigenvalue weighted by Crippen LogP contribution is -2.47. The van der Waals surface area contributed by atoms with E-state index in [-0.39, 0.29) is 24.5 Å². The number of anilines is 1. The Labute approximate surface area is 233 Å². The zero-order chi connectivity index (χ0) is 28.1. The lowest BCUT2D eigenvalue weighted by molar-refractivity contribution is -0.127. The first-order chi connectivity index (χ1) is 19.4. The van der Waals surface area contributed by atoms with Gasteiger partial charge in [0.1, 0.15) is 12.6 Å². The number of ether oxygens (including phenoxy) is 1. The highest BCUT2D eigenvalue weighted by atomic mass is 16.5. The standard InChI is InChI=1S/C30H33N7O3/c1-20-6-9-24(10-7-20)29-33-35-36(34-29)19-27(38)37(26-11-8-21(2)17-22(26)3)28(23-12-14-31-15-13-23)30(39)32-18-25-5-4-16-40-25/h6-15,17,25,28H,4-5,16,18-19H2,1-3H3,(H,32,39)/t25-,28-/m1/s1. The monoisotopic (exact) mass is 539 g/mol. The smallest absolute Gasteiger partial charge is 0.251 e. The minimum atomic E-state index is -0.946. The van der Waals surface area contributed by atoms with E-state index in [4.69, 9.17) is 4.74 Å². The number of pyridine rings is 1. The molecule has 1 fully saturated rings. The molecule has 2 atom stereocenters. The largest absolute Gasteiger partial charge is 0.376 e. The van der Waals surface area contributed by atoms with E-state index in [1.54, 1.807) is 24.5 Å². The molecule has 5 rings (SSSR count). The summed E-state index contributed by atoms with van der Waals surface area (Å²) in [6.45, 7) is 6.79. The van der Waals surface area contributed by atoms with Crippen molar-refractivity contribution in [1.82, 2.24) is 30.5 Å². The van der Waals surface area contributed by atoms with Crippen molar-refractivity contribution in [2.24, 2.45) is 0 Å². The molecule has 4 aromatic rings. The molecule has 206 valence electrons. The van der Waals surface area contributed by atoms with E-state index in [1.165, 1.54) is 9.70 Å². The van der Waals surface area contributed by atoms with Gasteiger partial charge in [-0.2, -0.15) is 4.80 Å². The molecule has 2 amide bonds. The summed E-state index contributed by atoms with van der Waals surface area (Å²) in [6.07, 6.45) is 5.06. The summed E-state index contributed by atoms with van der Waals surface area (Å²) in [5.41, 5.74) is 5.11. The molecule has 40 heavy (non-hydrogen) atoms. The maximum Gasteiger partial charge on any atom is 0.251 e. The van der Waals surface area contributed by atoms with Crippen molar-refractivity contribution in [3.63, 3.8) is 0 Å². The molecule has 10 nitrogen and oxygen atoms in total. The van der Waals surface area contributed by atoms with Gasteiger partial charge in [-0.1, -0.05) is 47.5 Å². The van der Waals surface area contributed by atoms with Gasteiger partial charge in [-0.3, -0.25) is 19.5 Å². The molecular weight excluding hydrogens is 506 g/mol. The van der Waals surface area contributed by atoms with Crippen molar-refractivity contribution in [1.29, 1.82) is 0 Å². The van der Waals surface area contributed by atoms with Crippen LogP contribution in [-0.2, 0) is 20.9 Å². The van der Waals surface area contributed by atoms with Crippen LogP contribution < -0.4 is 10.2 Å². The lowest BCUT2D eigenvalue weighted by atomic mass is 10.0. The topological polar surface area (TPSA) is 115 Å². The van der Waals surface area contributed by atoms with Crippen LogP contribution in [0.25, 0.3) is 11.4 Å². The number of carbonyl (C=O) groups excluding carboxylic acids is 2. The number of benzene rings is 2. The summed E-state index contributed by atoms with van der Waals surface area (Å²) in [7, 11) is 0. The molecule has 1 aliphatic heterocycles. The van der Waals surface area contributed by atoms with Crippen molar-refractivity contribution in [3.05, 3.63) is 89.2 Å². The number of nitrogens with zero attached hydrogens (tertiary/aromatic N) is 6. The van der Waals surface area contributed by atoms with Crippen molar-refractivity contribution in [2.45, 2.75) is 52.3 Å². The molecule has 1 saturated heterocycles. The zero-order valence-corrected chi connectivity index (χ0v) is 22.9. The van der Waals surface area contributed by atoms with Gasteiger partial charge in [0.05, 0.1) is 6.10 Å². The number of aryl methyl sites for hydroxylation is 3. The second-order valence-corrected chi connectivity index (χ2v) is 10.1. The Morgan fingerprint density at radius 1 is 1.05 bits per heavy atom. The molecular formula is C30H33N7O3. The van der Waals surface area contributed by atoms with Crippen LogP contribution in [0.5, 0.6) is 0 Å². The Bertz CT molecular complexity index is 1460.